The SMILES string of the molecule is N#CCCc1csc(-c2coc3ccccc23)n1. The van der Waals surface area contributed by atoms with Gasteiger partial charge in [-0.15, -0.1) is 11.3 Å². The molecule has 3 nitrogen and oxygen atoms in total. The second-order valence-corrected chi connectivity index (χ2v) is 4.81. The zero-order chi connectivity index (χ0) is 12.4. The zero-order valence-electron chi connectivity index (χ0n) is 9.59. The molecule has 0 unspecified atom stereocenters. The number of hydrogen-bond acceptors (Lipinski definition) is 4. The maximum atomic E-state index is 8.57. The van der Waals surface area contributed by atoms with Gasteiger partial charge < -0.3 is 4.42 Å². The summed E-state index contributed by atoms with van der Waals surface area (Å²) in [6, 6.07) is 10.1. The lowest BCUT2D eigenvalue weighted by atomic mass is 10.2. The molecule has 0 aliphatic rings. The van der Waals surface area contributed by atoms with Crippen LogP contribution in [0.3, 0.4) is 0 Å². The predicted molar refractivity (Wildman–Crippen MR) is 71.3 cm³/mol. The highest BCUT2D eigenvalue weighted by Gasteiger charge is 2.11. The largest absolute Gasteiger partial charge is 0.464 e. The van der Waals surface area contributed by atoms with Crippen molar-refractivity contribution in [2.75, 3.05) is 0 Å². The molecule has 0 amide bonds. The van der Waals surface area contributed by atoms with Crippen molar-refractivity contribution in [1.82, 2.24) is 4.98 Å². The highest BCUT2D eigenvalue weighted by molar-refractivity contribution is 7.13. The fourth-order valence-electron chi connectivity index (χ4n) is 1.87. The molecule has 0 spiro atoms. The number of furan rings is 1. The lowest BCUT2D eigenvalue weighted by Crippen LogP contribution is -1.83. The van der Waals surface area contributed by atoms with Crippen LogP contribution in [0, 0.1) is 11.3 Å². The number of rotatable bonds is 3. The molecule has 88 valence electrons. The van der Waals surface area contributed by atoms with Crippen molar-refractivity contribution in [2.24, 2.45) is 0 Å². The van der Waals surface area contributed by atoms with Gasteiger partial charge in [0.25, 0.3) is 0 Å². The molecule has 0 atom stereocenters. The van der Waals surface area contributed by atoms with Crippen LogP contribution in [0.25, 0.3) is 21.5 Å². The molecule has 0 saturated carbocycles. The van der Waals surface area contributed by atoms with Gasteiger partial charge in [-0.3, -0.25) is 0 Å². The lowest BCUT2D eigenvalue weighted by Gasteiger charge is -1.91. The minimum absolute atomic E-state index is 0.509. The summed E-state index contributed by atoms with van der Waals surface area (Å²) in [7, 11) is 0. The summed E-state index contributed by atoms with van der Waals surface area (Å²) in [4.78, 5) is 4.55. The van der Waals surface area contributed by atoms with Gasteiger partial charge in [0, 0.05) is 23.6 Å². The Balaban J connectivity index is 1.99. The first-order chi connectivity index (χ1) is 8.88. The molecule has 2 aromatic heterocycles. The number of fused-ring (bicyclic) bond motifs is 1. The van der Waals surface area contributed by atoms with Gasteiger partial charge in [-0.25, -0.2) is 4.98 Å². The Morgan fingerprint density at radius 3 is 3.11 bits per heavy atom. The molecule has 18 heavy (non-hydrogen) atoms. The van der Waals surface area contributed by atoms with Crippen molar-refractivity contribution in [3.63, 3.8) is 0 Å². The molecular weight excluding hydrogens is 244 g/mol. The van der Waals surface area contributed by atoms with E-state index in [0.717, 1.165) is 27.2 Å². The van der Waals surface area contributed by atoms with Crippen molar-refractivity contribution in [3.05, 3.63) is 41.6 Å². The molecule has 0 N–H and O–H groups in total. The first-order valence-corrected chi connectivity index (χ1v) is 6.54. The summed E-state index contributed by atoms with van der Waals surface area (Å²) in [6.07, 6.45) is 2.97. The first kappa shape index (κ1) is 11.0. The van der Waals surface area contributed by atoms with E-state index in [0.29, 0.717) is 12.8 Å². The fraction of sp³-hybridized carbons (Fsp3) is 0.143. The molecule has 1 aromatic carbocycles. The van der Waals surface area contributed by atoms with E-state index in [9.17, 15) is 0 Å². The Hall–Kier alpha value is -2.12. The summed E-state index contributed by atoms with van der Waals surface area (Å²) >= 11 is 1.59. The highest BCUT2D eigenvalue weighted by atomic mass is 32.1. The molecule has 4 heteroatoms. The van der Waals surface area contributed by atoms with E-state index in [1.54, 1.807) is 17.6 Å². The van der Waals surface area contributed by atoms with Crippen LogP contribution in [0.1, 0.15) is 12.1 Å². The van der Waals surface area contributed by atoms with Gasteiger partial charge in [0.15, 0.2) is 0 Å². The Kier molecular flexibility index (Phi) is 2.83. The van der Waals surface area contributed by atoms with Gasteiger partial charge in [-0.1, -0.05) is 18.2 Å². The number of nitrogens with zero attached hydrogens (tertiary/aromatic N) is 2. The Morgan fingerprint density at radius 1 is 1.33 bits per heavy atom. The van der Waals surface area contributed by atoms with Crippen LogP contribution in [0.15, 0.2) is 40.3 Å². The molecule has 0 aliphatic carbocycles. The smallest absolute Gasteiger partial charge is 0.134 e. The Bertz CT molecular complexity index is 721. The molecule has 3 rings (SSSR count). The maximum absolute atomic E-state index is 8.57. The second-order valence-electron chi connectivity index (χ2n) is 3.95. The van der Waals surface area contributed by atoms with Crippen LogP contribution >= 0.6 is 11.3 Å². The van der Waals surface area contributed by atoms with Crippen LogP contribution in [-0.4, -0.2) is 4.98 Å². The summed E-state index contributed by atoms with van der Waals surface area (Å²) in [5, 5.41) is 12.6. The van der Waals surface area contributed by atoms with Crippen LogP contribution in [0.5, 0.6) is 0 Å². The molecule has 0 fully saturated rings. The van der Waals surface area contributed by atoms with Gasteiger partial charge in [0.1, 0.15) is 16.9 Å². The third kappa shape index (κ3) is 1.89. The normalized spacial score (nSPS) is 10.6. The van der Waals surface area contributed by atoms with E-state index in [2.05, 4.69) is 11.1 Å². The quantitative estimate of drug-likeness (QED) is 0.709. The van der Waals surface area contributed by atoms with E-state index >= 15 is 0 Å². The van der Waals surface area contributed by atoms with Crippen LogP contribution in [0.2, 0.25) is 0 Å². The third-order valence-electron chi connectivity index (χ3n) is 2.76. The minimum Gasteiger partial charge on any atom is -0.464 e. The van der Waals surface area contributed by atoms with Crippen molar-refractivity contribution >= 4 is 22.3 Å². The molecule has 0 saturated heterocycles. The number of aryl methyl sites for hydroxylation is 1. The lowest BCUT2D eigenvalue weighted by molar-refractivity contribution is 0.617. The van der Waals surface area contributed by atoms with E-state index in [-0.39, 0.29) is 0 Å². The average molecular weight is 254 g/mol. The van der Waals surface area contributed by atoms with E-state index in [4.69, 9.17) is 9.68 Å². The summed E-state index contributed by atoms with van der Waals surface area (Å²) in [6.45, 7) is 0. The summed E-state index contributed by atoms with van der Waals surface area (Å²) in [5.41, 5.74) is 2.88. The van der Waals surface area contributed by atoms with Crippen LogP contribution < -0.4 is 0 Å². The molecule has 2 heterocycles. The number of para-hydroxylation sites is 1. The van der Waals surface area contributed by atoms with E-state index < -0.39 is 0 Å². The van der Waals surface area contributed by atoms with Gasteiger partial charge in [-0.2, -0.15) is 5.26 Å². The Morgan fingerprint density at radius 2 is 2.22 bits per heavy atom. The van der Waals surface area contributed by atoms with Crippen LogP contribution in [0.4, 0.5) is 0 Å². The number of hydrogen-bond donors (Lipinski definition) is 0. The zero-order valence-corrected chi connectivity index (χ0v) is 10.4. The van der Waals surface area contributed by atoms with Crippen LogP contribution in [-0.2, 0) is 6.42 Å². The van der Waals surface area contributed by atoms with Crippen molar-refractivity contribution < 1.29 is 4.42 Å². The maximum Gasteiger partial charge on any atom is 0.134 e. The monoisotopic (exact) mass is 254 g/mol. The Labute approximate surface area is 108 Å². The summed E-state index contributed by atoms with van der Waals surface area (Å²) in [5.74, 6) is 0. The fourth-order valence-corrected chi connectivity index (χ4v) is 2.75. The second kappa shape index (κ2) is 4.63. The molecule has 3 aromatic rings. The topological polar surface area (TPSA) is 49.8 Å². The van der Waals surface area contributed by atoms with Gasteiger partial charge >= 0.3 is 0 Å². The van der Waals surface area contributed by atoms with Gasteiger partial charge in [0.05, 0.1) is 17.3 Å². The first-order valence-electron chi connectivity index (χ1n) is 5.66. The number of aromatic nitrogens is 1. The van der Waals surface area contributed by atoms with Gasteiger partial charge in [0.2, 0.25) is 0 Å². The van der Waals surface area contributed by atoms with Crippen molar-refractivity contribution in [2.45, 2.75) is 12.8 Å². The highest BCUT2D eigenvalue weighted by Crippen LogP contribution is 2.32. The predicted octanol–water partition coefficient (Wildman–Crippen LogP) is 4.01. The molecule has 0 bridgehead atoms. The number of nitriles is 1. The third-order valence-corrected chi connectivity index (χ3v) is 3.68. The molecule has 0 radical (unpaired) electrons. The van der Waals surface area contributed by atoms with E-state index in [1.807, 2.05) is 29.6 Å². The summed E-state index contributed by atoms with van der Waals surface area (Å²) < 4.78 is 5.51. The number of benzene rings is 1. The number of thiazole rings is 1. The minimum atomic E-state index is 0.509. The van der Waals surface area contributed by atoms with E-state index in [1.165, 1.54) is 0 Å². The average Bonchev–Trinajstić information content (AvgIpc) is 3.02. The molecular formula is C14H10N2OS. The van der Waals surface area contributed by atoms with Crippen molar-refractivity contribution in [3.8, 4) is 16.6 Å². The van der Waals surface area contributed by atoms with Crippen molar-refractivity contribution in [1.29, 1.82) is 5.26 Å². The molecule has 0 aliphatic heterocycles. The van der Waals surface area contributed by atoms with Gasteiger partial charge in [-0.05, 0) is 6.07 Å². The standard InChI is InChI=1S/C14H10N2OS/c15-7-3-4-10-9-18-14(16-10)12-8-17-13-6-2-1-5-11(12)13/h1-2,5-6,8-9H,3-4H2.